The van der Waals surface area contributed by atoms with E-state index in [1.165, 1.54) is 21.8 Å². The molecule has 0 radical (unpaired) electrons. The molecule has 2 heterocycles. The Morgan fingerprint density at radius 1 is 1.00 bits per heavy atom. The molecule has 1 aliphatic heterocycles. The number of carbonyl (C=O) groups is 3. The van der Waals surface area contributed by atoms with Crippen LogP contribution < -0.4 is 9.80 Å². The number of hydrogen-bond donors (Lipinski definition) is 0. The van der Waals surface area contributed by atoms with Gasteiger partial charge in [-0.1, -0.05) is 31.3 Å². The predicted molar refractivity (Wildman–Crippen MR) is 137 cm³/mol. The fourth-order valence-corrected chi connectivity index (χ4v) is 5.48. The van der Waals surface area contributed by atoms with Crippen LogP contribution >= 0.6 is 11.3 Å². The maximum Gasteiger partial charge on any atom is 0.260 e. The molecule has 1 aromatic heterocycles. The summed E-state index contributed by atoms with van der Waals surface area (Å²) >= 11 is 1.53. The number of hydrogen-bond acceptors (Lipinski definition) is 6. The van der Waals surface area contributed by atoms with Crippen molar-refractivity contribution in [3.05, 3.63) is 53.1 Å². The van der Waals surface area contributed by atoms with E-state index < -0.39 is 0 Å². The highest BCUT2D eigenvalue weighted by Gasteiger charge is 2.30. The van der Waals surface area contributed by atoms with Gasteiger partial charge in [-0.2, -0.15) is 0 Å². The summed E-state index contributed by atoms with van der Waals surface area (Å²) in [6.07, 6.45) is 0.463. The molecular weight excluding hydrogens is 448 g/mol. The van der Waals surface area contributed by atoms with Crippen LogP contribution in [0, 0.1) is 13.8 Å². The van der Waals surface area contributed by atoms with E-state index in [0.29, 0.717) is 22.9 Å². The molecule has 0 spiro atoms. The standard InChI is InChI=1S/C26H30N4O3S/c1-5-28(6-2)13-14-29(26-27-24-18(4)15-17(3)16-21(24)34-26)25(33)19-7-9-20(10-8-19)30-22(31)11-12-23(30)32/h7-10,15-16H,5-6,11-14H2,1-4H3. The highest BCUT2D eigenvalue weighted by molar-refractivity contribution is 7.22. The molecule has 8 heteroatoms. The lowest BCUT2D eigenvalue weighted by molar-refractivity contribution is -0.121. The number of nitrogens with zero attached hydrogens (tertiary/aromatic N) is 4. The molecule has 4 rings (SSSR count). The van der Waals surface area contributed by atoms with Crippen LogP contribution in [-0.4, -0.2) is 53.8 Å². The molecule has 1 fully saturated rings. The first-order valence-corrected chi connectivity index (χ1v) is 12.5. The van der Waals surface area contributed by atoms with Crippen molar-refractivity contribution in [2.45, 2.75) is 40.5 Å². The van der Waals surface area contributed by atoms with Crippen LogP contribution in [0.4, 0.5) is 10.8 Å². The SMILES string of the molecule is CCN(CC)CCN(C(=O)c1ccc(N2C(=O)CCC2=O)cc1)c1nc2c(C)cc(C)cc2s1. The van der Waals surface area contributed by atoms with Crippen molar-refractivity contribution in [3.63, 3.8) is 0 Å². The number of fused-ring (bicyclic) bond motifs is 1. The number of anilines is 2. The van der Waals surface area contributed by atoms with E-state index in [2.05, 4.69) is 37.8 Å². The van der Waals surface area contributed by atoms with Gasteiger partial charge in [-0.05, 0) is 68.4 Å². The van der Waals surface area contributed by atoms with Crippen LogP contribution in [0.5, 0.6) is 0 Å². The second kappa shape index (κ2) is 10.0. The Kier molecular flexibility index (Phi) is 7.09. The molecule has 0 aliphatic carbocycles. The number of aryl methyl sites for hydroxylation is 2. The summed E-state index contributed by atoms with van der Waals surface area (Å²) in [6.45, 7) is 11.4. The number of benzene rings is 2. The maximum atomic E-state index is 13.7. The van der Waals surface area contributed by atoms with Crippen molar-refractivity contribution in [1.82, 2.24) is 9.88 Å². The average Bonchev–Trinajstić information content (AvgIpc) is 3.39. The van der Waals surface area contributed by atoms with E-state index in [1.807, 2.05) is 6.92 Å². The van der Waals surface area contributed by atoms with Crippen molar-refractivity contribution in [2.24, 2.45) is 0 Å². The molecule has 2 aromatic carbocycles. The summed E-state index contributed by atoms with van der Waals surface area (Å²) in [6, 6.07) is 10.9. The Morgan fingerprint density at radius 3 is 2.26 bits per heavy atom. The first kappa shape index (κ1) is 24.0. The molecule has 0 atom stereocenters. The zero-order valence-electron chi connectivity index (χ0n) is 20.1. The fraction of sp³-hybridized carbons (Fsp3) is 0.385. The molecule has 0 bridgehead atoms. The molecular formula is C26H30N4O3S. The van der Waals surface area contributed by atoms with Gasteiger partial charge in [-0.15, -0.1) is 0 Å². The van der Waals surface area contributed by atoms with Crippen molar-refractivity contribution in [3.8, 4) is 0 Å². The molecule has 1 aliphatic rings. The lowest BCUT2D eigenvalue weighted by Gasteiger charge is -2.25. The number of amides is 3. The van der Waals surface area contributed by atoms with Crippen molar-refractivity contribution in [2.75, 3.05) is 36.0 Å². The first-order chi connectivity index (χ1) is 16.3. The molecule has 0 unspecified atom stereocenters. The zero-order chi connectivity index (χ0) is 24.4. The lowest BCUT2D eigenvalue weighted by atomic mass is 10.1. The monoisotopic (exact) mass is 478 g/mol. The summed E-state index contributed by atoms with van der Waals surface area (Å²) < 4.78 is 1.06. The number of aromatic nitrogens is 1. The Hall–Kier alpha value is -3.10. The summed E-state index contributed by atoms with van der Waals surface area (Å²) in [5.74, 6) is -0.554. The Bertz CT molecular complexity index is 1210. The van der Waals surface area contributed by atoms with E-state index in [4.69, 9.17) is 4.98 Å². The zero-order valence-corrected chi connectivity index (χ0v) is 20.9. The molecule has 0 saturated carbocycles. The average molecular weight is 479 g/mol. The Balaban J connectivity index is 1.66. The second-order valence-corrected chi connectivity index (χ2v) is 9.59. The summed E-state index contributed by atoms with van der Waals surface area (Å²) in [5.41, 5.74) is 4.19. The minimum Gasteiger partial charge on any atom is -0.302 e. The summed E-state index contributed by atoms with van der Waals surface area (Å²) in [5, 5.41) is 0.676. The number of rotatable bonds is 8. The third-order valence-electron chi connectivity index (χ3n) is 6.25. The topological polar surface area (TPSA) is 73.8 Å². The second-order valence-electron chi connectivity index (χ2n) is 8.58. The van der Waals surface area contributed by atoms with E-state index in [-0.39, 0.29) is 30.6 Å². The Morgan fingerprint density at radius 2 is 1.65 bits per heavy atom. The number of likely N-dealkylation sites (N-methyl/N-ethyl adjacent to an activating group) is 1. The van der Waals surface area contributed by atoms with Crippen LogP contribution in [0.1, 0.15) is 48.2 Å². The van der Waals surface area contributed by atoms with E-state index >= 15 is 0 Å². The van der Waals surface area contributed by atoms with Crippen LogP contribution in [0.15, 0.2) is 36.4 Å². The summed E-state index contributed by atoms with van der Waals surface area (Å²) in [4.78, 5) is 47.8. The van der Waals surface area contributed by atoms with Crippen LogP contribution in [0.3, 0.4) is 0 Å². The molecule has 34 heavy (non-hydrogen) atoms. The molecule has 7 nitrogen and oxygen atoms in total. The van der Waals surface area contributed by atoms with E-state index in [1.54, 1.807) is 29.2 Å². The first-order valence-electron chi connectivity index (χ1n) is 11.7. The van der Waals surface area contributed by atoms with Gasteiger partial charge >= 0.3 is 0 Å². The van der Waals surface area contributed by atoms with Gasteiger partial charge < -0.3 is 4.90 Å². The van der Waals surface area contributed by atoms with Gasteiger partial charge in [-0.25, -0.2) is 4.98 Å². The van der Waals surface area contributed by atoms with Crippen molar-refractivity contribution >= 4 is 50.1 Å². The van der Waals surface area contributed by atoms with Crippen molar-refractivity contribution < 1.29 is 14.4 Å². The third-order valence-corrected chi connectivity index (χ3v) is 7.28. The number of carbonyl (C=O) groups excluding carboxylic acids is 3. The van der Waals surface area contributed by atoms with Gasteiger partial charge in [0, 0.05) is 31.5 Å². The Labute approximate surface area is 204 Å². The highest BCUT2D eigenvalue weighted by atomic mass is 32.1. The molecule has 0 N–H and O–H groups in total. The van der Waals surface area contributed by atoms with Gasteiger partial charge in [0.2, 0.25) is 11.8 Å². The van der Waals surface area contributed by atoms with Gasteiger partial charge in [0.1, 0.15) is 0 Å². The quantitative estimate of drug-likeness (QED) is 0.444. The van der Waals surface area contributed by atoms with Crippen LogP contribution in [-0.2, 0) is 9.59 Å². The highest BCUT2D eigenvalue weighted by Crippen LogP contribution is 2.33. The number of imide groups is 1. The van der Waals surface area contributed by atoms with E-state index in [0.717, 1.165) is 35.4 Å². The lowest BCUT2D eigenvalue weighted by Crippen LogP contribution is -2.39. The van der Waals surface area contributed by atoms with Crippen LogP contribution in [0.25, 0.3) is 10.2 Å². The van der Waals surface area contributed by atoms with E-state index in [9.17, 15) is 14.4 Å². The number of thiazole rings is 1. The van der Waals surface area contributed by atoms with Crippen LogP contribution in [0.2, 0.25) is 0 Å². The fourth-order valence-electron chi connectivity index (χ4n) is 4.31. The minimum atomic E-state index is -0.204. The van der Waals surface area contributed by atoms with Gasteiger partial charge in [0.05, 0.1) is 15.9 Å². The largest absolute Gasteiger partial charge is 0.302 e. The predicted octanol–water partition coefficient (Wildman–Crippen LogP) is 4.56. The maximum absolute atomic E-state index is 13.7. The molecule has 3 aromatic rings. The van der Waals surface area contributed by atoms with Crippen molar-refractivity contribution in [1.29, 1.82) is 0 Å². The normalized spacial score (nSPS) is 14.0. The van der Waals surface area contributed by atoms with Gasteiger partial charge in [-0.3, -0.25) is 24.2 Å². The summed E-state index contributed by atoms with van der Waals surface area (Å²) in [7, 11) is 0. The molecule has 1 saturated heterocycles. The van der Waals surface area contributed by atoms with Gasteiger partial charge in [0.25, 0.3) is 5.91 Å². The third kappa shape index (κ3) is 4.74. The molecule has 178 valence electrons. The smallest absolute Gasteiger partial charge is 0.260 e. The molecule has 3 amide bonds. The van der Waals surface area contributed by atoms with Gasteiger partial charge in [0.15, 0.2) is 5.13 Å². The minimum absolute atomic E-state index is 0.147.